The molecule has 3 aromatic rings. The molecule has 5 nitrogen and oxygen atoms in total. The van der Waals surface area contributed by atoms with Gasteiger partial charge in [0.05, 0.1) is 18.4 Å². The van der Waals surface area contributed by atoms with Gasteiger partial charge in [0, 0.05) is 11.2 Å². The Morgan fingerprint density at radius 2 is 2.04 bits per heavy atom. The van der Waals surface area contributed by atoms with Crippen LogP contribution in [0.3, 0.4) is 0 Å². The summed E-state index contributed by atoms with van der Waals surface area (Å²) in [6.45, 7) is 2.63. The van der Waals surface area contributed by atoms with E-state index in [4.69, 9.17) is 16.3 Å². The predicted molar refractivity (Wildman–Crippen MR) is 98.1 cm³/mol. The van der Waals surface area contributed by atoms with E-state index in [1.54, 1.807) is 41.3 Å². The summed E-state index contributed by atoms with van der Waals surface area (Å²) >= 11 is 5.81. The molecule has 1 aromatic heterocycles. The highest BCUT2D eigenvalue weighted by molar-refractivity contribution is 6.30. The molecule has 0 fully saturated rings. The smallest absolute Gasteiger partial charge is 0.262 e. The zero-order valence-corrected chi connectivity index (χ0v) is 14.5. The maximum atomic E-state index is 12.0. The van der Waals surface area contributed by atoms with Crippen LogP contribution in [0.15, 0.2) is 60.9 Å². The Balaban J connectivity index is 1.52. The number of hydrogen-bond donors (Lipinski definition) is 1. The fourth-order valence-corrected chi connectivity index (χ4v) is 2.51. The van der Waals surface area contributed by atoms with Crippen molar-refractivity contribution < 1.29 is 9.53 Å². The van der Waals surface area contributed by atoms with Crippen LogP contribution in [0.2, 0.25) is 5.02 Å². The molecule has 0 atom stereocenters. The van der Waals surface area contributed by atoms with E-state index in [0.29, 0.717) is 23.0 Å². The topological polar surface area (TPSA) is 56.2 Å². The van der Waals surface area contributed by atoms with Crippen LogP contribution in [0.25, 0.3) is 0 Å². The van der Waals surface area contributed by atoms with Crippen LogP contribution in [-0.2, 0) is 11.3 Å². The van der Waals surface area contributed by atoms with Crippen molar-refractivity contribution in [3.05, 3.63) is 77.1 Å². The van der Waals surface area contributed by atoms with Crippen LogP contribution in [0.1, 0.15) is 11.1 Å². The zero-order valence-electron chi connectivity index (χ0n) is 13.8. The molecule has 0 bridgehead atoms. The van der Waals surface area contributed by atoms with Crippen LogP contribution >= 0.6 is 11.6 Å². The van der Waals surface area contributed by atoms with Crippen molar-refractivity contribution in [1.82, 2.24) is 9.78 Å². The summed E-state index contributed by atoms with van der Waals surface area (Å²) in [6, 6.07) is 15.1. The number of aryl methyl sites for hydroxylation is 1. The second-order valence-electron chi connectivity index (χ2n) is 5.71. The molecule has 0 saturated carbocycles. The number of nitrogens with zero attached hydrogens (tertiary/aromatic N) is 2. The molecule has 0 aliphatic rings. The van der Waals surface area contributed by atoms with Gasteiger partial charge in [0.1, 0.15) is 5.75 Å². The van der Waals surface area contributed by atoms with Gasteiger partial charge < -0.3 is 10.1 Å². The molecule has 1 heterocycles. The fraction of sp³-hybridized carbons (Fsp3) is 0.158. The minimum Gasteiger partial charge on any atom is -0.484 e. The Kier molecular flexibility index (Phi) is 5.36. The number of rotatable bonds is 6. The van der Waals surface area contributed by atoms with E-state index in [2.05, 4.69) is 29.5 Å². The van der Waals surface area contributed by atoms with Crippen molar-refractivity contribution in [3.63, 3.8) is 0 Å². The third-order valence-corrected chi connectivity index (χ3v) is 3.78. The lowest BCUT2D eigenvalue weighted by atomic mass is 10.1. The third kappa shape index (κ3) is 5.09. The lowest BCUT2D eigenvalue weighted by molar-refractivity contribution is -0.118. The molecule has 128 valence electrons. The average Bonchev–Trinajstić information content (AvgIpc) is 3.01. The van der Waals surface area contributed by atoms with Gasteiger partial charge in [-0.2, -0.15) is 5.10 Å². The zero-order chi connectivity index (χ0) is 17.6. The molecule has 0 radical (unpaired) electrons. The molecule has 0 unspecified atom stereocenters. The minimum atomic E-state index is -0.245. The Labute approximate surface area is 151 Å². The summed E-state index contributed by atoms with van der Waals surface area (Å²) in [7, 11) is 0. The van der Waals surface area contributed by atoms with E-state index in [0.717, 1.165) is 5.56 Å². The van der Waals surface area contributed by atoms with Gasteiger partial charge in [0.2, 0.25) is 0 Å². The molecule has 0 saturated heterocycles. The molecule has 6 heteroatoms. The number of benzene rings is 2. The van der Waals surface area contributed by atoms with Crippen LogP contribution in [0.5, 0.6) is 5.75 Å². The minimum absolute atomic E-state index is 0.0787. The Morgan fingerprint density at radius 3 is 2.80 bits per heavy atom. The van der Waals surface area contributed by atoms with E-state index < -0.39 is 0 Å². The van der Waals surface area contributed by atoms with Crippen molar-refractivity contribution in [2.24, 2.45) is 0 Å². The largest absolute Gasteiger partial charge is 0.484 e. The maximum absolute atomic E-state index is 12.0. The van der Waals surface area contributed by atoms with Gasteiger partial charge in [0.15, 0.2) is 6.61 Å². The summed E-state index contributed by atoms with van der Waals surface area (Å²) in [5.41, 5.74) is 3.00. The lowest BCUT2D eigenvalue weighted by Gasteiger charge is -2.06. The lowest BCUT2D eigenvalue weighted by Crippen LogP contribution is -2.19. The molecule has 1 amide bonds. The number of nitrogens with one attached hydrogen (secondary N) is 1. The number of amides is 1. The molecular weight excluding hydrogens is 338 g/mol. The molecular formula is C19H18ClN3O2. The third-order valence-electron chi connectivity index (χ3n) is 3.53. The first-order valence-corrected chi connectivity index (χ1v) is 8.22. The van der Waals surface area contributed by atoms with Crippen molar-refractivity contribution in [2.45, 2.75) is 13.5 Å². The Morgan fingerprint density at radius 1 is 1.24 bits per heavy atom. The van der Waals surface area contributed by atoms with Crippen molar-refractivity contribution in [3.8, 4) is 5.75 Å². The first-order valence-electron chi connectivity index (χ1n) is 7.85. The summed E-state index contributed by atoms with van der Waals surface area (Å²) in [5, 5.41) is 7.66. The van der Waals surface area contributed by atoms with Crippen LogP contribution < -0.4 is 10.1 Å². The molecule has 2 aromatic carbocycles. The predicted octanol–water partition coefficient (Wildman–Crippen LogP) is 3.91. The van der Waals surface area contributed by atoms with E-state index >= 15 is 0 Å². The fourth-order valence-electron chi connectivity index (χ4n) is 2.39. The van der Waals surface area contributed by atoms with Crippen LogP contribution in [-0.4, -0.2) is 22.3 Å². The summed E-state index contributed by atoms with van der Waals surface area (Å²) in [4.78, 5) is 12.0. The number of anilines is 1. The van der Waals surface area contributed by atoms with Crippen LogP contribution in [0, 0.1) is 6.92 Å². The monoisotopic (exact) mass is 355 g/mol. The van der Waals surface area contributed by atoms with Gasteiger partial charge in [-0.05, 0) is 36.8 Å². The quantitative estimate of drug-likeness (QED) is 0.729. The summed E-state index contributed by atoms with van der Waals surface area (Å²) < 4.78 is 7.19. The highest BCUT2D eigenvalue weighted by Crippen LogP contribution is 2.15. The second kappa shape index (κ2) is 7.85. The van der Waals surface area contributed by atoms with Gasteiger partial charge in [-0.25, -0.2) is 0 Å². The SMILES string of the molecule is Cc1cccc(Cn2cc(NC(=O)COc3ccc(Cl)cc3)cn2)c1. The van der Waals surface area contributed by atoms with Crippen molar-refractivity contribution in [2.75, 3.05) is 11.9 Å². The summed E-state index contributed by atoms with van der Waals surface area (Å²) in [6.07, 6.45) is 3.42. The van der Waals surface area contributed by atoms with Gasteiger partial charge in [-0.1, -0.05) is 41.4 Å². The van der Waals surface area contributed by atoms with E-state index in [1.165, 1.54) is 5.56 Å². The average molecular weight is 356 g/mol. The maximum Gasteiger partial charge on any atom is 0.262 e. The number of carbonyl (C=O) groups is 1. The van der Waals surface area contributed by atoms with Crippen LogP contribution in [0.4, 0.5) is 5.69 Å². The highest BCUT2D eigenvalue weighted by Gasteiger charge is 2.06. The Hall–Kier alpha value is -2.79. The standard InChI is InChI=1S/C19H18ClN3O2/c1-14-3-2-4-15(9-14)11-23-12-17(10-21-23)22-19(24)13-25-18-7-5-16(20)6-8-18/h2-10,12H,11,13H2,1H3,(H,22,24). The molecule has 0 aliphatic carbocycles. The number of halogens is 1. The van der Waals surface area contributed by atoms with Gasteiger partial charge in [0.25, 0.3) is 5.91 Å². The van der Waals surface area contributed by atoms with E-state index in [-0.39, 0.29) is 12.5 Å². The van der Waals surface area contributed by atoms with Gasteiger partial charge >= 0.3 is 0 Å². The summed E-state index contributed by atoms with van der Waals surface area (Å²) in [5.74, 6) is 0.347. The number of aromatic nitrogens is 2. The normalized spacial score (nSPS) is 10.5. The molecule has 3 rings (SSSR count). The molecule has 25 heavy (non-hydrogen) atoms. The van der Waals surface area contributed by atoms with Crippen molar-refractivity contribution >= 4 is 23.2 Å². The Bertz CT molecular complexity index is 859. The first-order chi connectivity index (χ1) is 12.1. The number of ether oxygens (including phenoxy) is 1. The van der Waals surface area contributed by atoms with Gasteiger partial charge in [-0.3, -0.25) is 9.48 Å². The molecule has 0 spiro atoms. The first kappa shape index (κ1) is 17.0. The number of hydrogen-bond acceptors (Lipinski definition) is 3. The van der Waals surface area contributed by atoms with Crippen molar-refractivity contribution in [1.29, 1.82) is 0 Å². The molecule has 0 aliphatic heterocycles. The molecule has 1 N–H and O–H groups in total. The van der Waals surface area contributed by atoms with Gasteiger partial charge in [-0.15, -0.1) is 0 Å². The highest BCUT2D eigenvalue weighted by atomic mass is 35.5. The van der Waals surface area contributed by atoms with E-state index in [9.17, 15) is 4.79 Å². The number of carbonyl (C=O) groups excluding carboxylic acids is 1. The van der Waals surface area contributed by atoms with E-state index in [1.807, 2.05) is 12.1 Å². The second-order valence-corrected chi connectivity index (χ2v) is 6.14.